The van der Waals surface area contributed by atoms with Crippen LogP contribution in [-0.2, 0) is 0 Å². The molecule has 0 fully saturated rings. The van der Waals surface area contributed by atoms with E-state index in [9.17, 15) is 0 Å². The van der Waals surface area contributed by atoms with Crippen molar-refractivity contribution in [3.8, 4) is 0 Å². The van der Waals surface area contributed by atoms with E-state index in [4.69, 9.17) is 0 Å². The van der Waals surface area contributed by atoms with Crippen molar-refractivity contribution < 1.29 is 0 Å². The van der Waals surface area contributed by atoms with Crippen LogP contribution >= 0.6 is 0 Å². The predicted octanol–water partition coefficient (Wildman–Crippen LogP) is 5.83. The lowest BCUT2D eigenvalue weighted by atomic mass is 9.93. The molecule has 27 heavy (non-hydrogen) atoms. The number of imidazole rings is 1. The summed E-state index contributed by atoms with van der Waals surface area (Å²) < 4.78 is 0. The van der Waals surface area contributed by atoms with Gasteiger partial charge in [0.05, 0.1) is 12.0 Å². The van der Waals surface area contributed by atoms with Gasteiger partial charge in [0.1, 0.15) is 7.85 Å². The molecular weight excluding hydrogens is 327 g/mol. The SMILES string of the molecule is BCC=C(c1ccccc1)c1ccccc1.CC(C)c1nc[nH]c1C(C)C. The van der Waals surface area contributed by atoms with E-state index in [0.29, 0.717) is 11.8 Å². The molecule has 0 bridgehead atoms. The molecule has 1 aromatic heterocycles. The van der Waals surface area contributed by atoms with Crippen molar-refractivity contribution >= 4 is 13.4 Å². The smallest absolute Gasteiger partial charge is 0.106 e. The number of aromatic nitrogens is 2. The van der Waals surface area contributed by atoms with Crippen molar-refractivity contribution in [3.05, 3.63) is 95.6 Å². The van der Waals surface area contributed by atoms with Crippen LogP contribution in [0.5, 0.6) is 0 Å². The highest BCUT2D eigenvalue weighted by Crippen LogP contribution is 2.23. The van der Waals surface area contributed by atoms with Gasteiger partial charge < -0.3 is 4.98 Å². The Labute approximate surface area is 165 Å². The van der Waals surface area contributed by atoms with Crippen molar-refractivity contribution in [1.29, 1.82) is 0 Å². The van der Waals surface area contributed by atoms with E-state index in [1.807, 2.05) is 0 Å². The monoisotopic (exact) mass is 358 g/mol. The molecule has 0 amide bonds. The maximum atomic E-state index is 4.28. The molecule has 3 rings (SSSR count). The van der Waals surface area contributed by atoms with Gasteiger partial charge in [0.25, 0.3) is 0 Å². The van der Waals surface area contributed by atoms with Crippen molar-refractivity contribution in [2.24, 2.45) is 0 Å². The maximum absolute atomic E-state index is 4.28. The van der Waals surface area contributed by atoms with E-state index in [1.54, 1.807) is 6.33 Å². The minimum Gasteiger partial charge on any atom is -0.348 e. The highest BCUT2D eigenvalue weighted by molar-refractivity contribution is 6.10. The van der Waals surface area contributed by atoms with Crippen LogP contribution in [0.1, 0.15) is 62.0 Å². The second kappa shape index (κ2) is 10.6. The van der Waals surface area contributed by atoms with Crippen LogP contribution in [0.3, 0.4) is 0 Å². The summed E-state index contributed by atoms with van der Waals surface area (Å²) in [7, 11) is 2.17. The summed E-state index contributed by atoms with van der Waals surface area (Å²) in [5.41, 5.74) is 6.38. The first-order chi connectivity index (χ1) is 13.0. The van der Waals surface area contributed by atoms with Crippen LogP contribution in [0.25, 0.3) is 5.57 Å². The lowest BCUT2D eigenvalue weighted by Gasteiger charge is -2.07. The second-order valence-electron chi connectivity index (χ2n) is 7.27. The Morgan fingerprint density at radius 3 is 1.78 bits per heavy atom. The van der Waals surface area contributed by atoms with Gasteiger partial charge in [-0.2, -0.15) is 0 Å². The fraction of sp³-hybridized carbons (Fsp3) is 0.292. The van der Waals surface area contributed by atoms with Crippen LogP contribution in [0, 0.1) is 0 Å². The lowest BCUT2D eigenvalue weighted by molar-refractivity contribution is 0.759. The highest BCUT2D eigenvalue weighted by Gasteiger charge is 2.11. The van der Waals surface area contributed by atoms with Crippen LogP contribution in [0.4, 0.5) is 0 Å². The molecule has 0 saturated heterocycles. The Hall–Kier alpha value is -2.55. The summed E-state index contributed by atoms with van der Waals surface area (Å²) >= 11 is 0. The summed E-state index contributed by atoms with van der Waals surface area (Å²) in [5, 5.41) is 0. The third kappa shape index (κ3) is 5.99. The van der Waals surface area contributed by atoms with Gasteiger partial charge in [-0.1, -0.05) is 101 Å². The lowest BCUT2D eigenvalue weighted by Crippen LogP contribution is -1.96. The topological polar surface area (TPSA) is 28.7 Å². The van der Waals surface area contributed by atoms with E-state index in [1.165, 1.54) is 28.1 Å². The molecule has 2 nitrogen and oxygen atoms in total. The minimum atomic E-state index is 0.527. The van der Waals surface area contributed by atoms with Gasteiger partial charge in [0, 0.05) is 5.69 Å². The summed E-state index contributed by atoms with van der Waals surface area (Å²) in [4.78, 5) is 7.46. The first-order valence-electron chi connectivity index (χ1n) is 9.88. The molecule has 1 N–H and O–H groups in total. The number of H-pyrrole nitrogens is 1. The molecule has 2 aromatic carbocycles. The van der Waals surface area contributed by atoms with E-state index in [2.05, 4.69) is 112 Å². The Kier molecular flexibility index (Phi) is 8.13. The van der Waals surface area contributed by atoms with Crippen molar-refractivity contribution in [1.82, 2.24) is 9.97 Å². The third-order valence-electron chi connectivity index (χ3n) is 4.40. The Morgan fingerprint density at radius 2 is 1.41 bits per heavy atom. The van der Waals surface area contributed by atoms with Crippen molar-refractivity contribution in [3.63, 3.8) is 0 Å². The molecule has 0 aliphatic rings. The molecule has 0 aliphatic carbocycles. The van der Waals surface area contributed by atoms with E-state index >= 15 is 0 Å². The van der Waals surface area contributed by atoms with Gasteiger partial charge >= 0.3 is 0 Å². The number of nitrogens with zero attached hydrogens (tertiary/aromatic N) is 1. The predicted molar refractivity (Wildman–Crippen MR) is 120 cm³/mol. The van der Waals surface area contributed by atoms with Gasteiger partial charge in [0.2, 0.25) is 0 Å². The summed E-state index contributed by atoms with van der Waals surface area (Å²) in [6, 6.07) is 21.1. The summed E-state index contributed by atoms with van der Waals surface area (Å²) in [5.74, 6) is 1.08. The zero-order valence-electron chi connectivity index (χ0n) is 17.2. The molecule has 3 aromatic rings. The molecule has 0 aliphatic heterocycles. The zero-order valence-corrected chi connectivity index (χ0v) is 17.2. The molecule has 140 valence electrons. The number of rotatable bonds is 5. The number of hydrogen-bond acceptors (Lipinski definition) is 1. The third-order valence-corrected chi connectivity index (χ3v) is 4.40. The molecule has 0 unspecified atom stereocenters. The van der Waals surface area contributed by atoms with E-state index < -0.39 is 0 Å². The Morgan fingerprint density at radius 1 is 0.889 bits per heavy atom. The molecule has 3 heteroatoms. The molecular formula is C24H31BN2. The summed E-state index contributed by atoms with van der Waals surface area (Å²) in [6.45, 7) is 8.70. The number of nitrogens with one attached hydrogen (secondary N) is 1. The average molecular weight is 358 g/mol. The number of benzene rings is 2. The van der Waals surface area contributed by atoms with Crippen molar-refractivity contribution in [2.45, 2.75) is 45.9 Å². The number of hydrogen-bond donors (Lipinski definition) is 1. The number of allylic oxidation sites excluding steroid dienone is 1. The quantitative estimate of drug-likeness (QED) is 0.572. The molecule has 0 radical (unpaired) electrons. The van der Waals surface area contributed by atoms with E-state index in [-0.39, 0.29) is 0 Å². The van der Waals surface area contributed by atoms with Gasteiger partial charge in [-0.15, -0.1) is 0 Å². The molecule has 0 spiro atoms. The standard InChI is InChI=1S/C15H15B.C9H16N2/c16-12-11-15(13-7-3-1-4-8-13)14-9-5-2-6-10-14;1-6(2)8-9(7(3)4)11-5-10-8/h1-11H,12,16H2;5-7H,1-4H3,(H,10,11). The van der Waals surface area contributed by atoms with Gasteiger partial charge in [-0.3, -0.25) is 0 Å². The van der Waals surface area contributed by atoms with Gasteiger partial charge in [-0.05, 0) is 28.5 Å². The second-order valence-corrected chi connectivity index (χ2v) is 7.27. The highest BCUT2D eigenvalue weighted by atomic mass is 14.9. The van der Waals surface area contributed by atoms with Crippen LogP contribution < -0.4 is 0 Å². The normalized spacial score (nSPS) is 10.4. The molecule has 0 atom stereocenters. The fourth-order valence-corrected chi connectivity index (χ4v) is 3.08. The van der Waals surface area contributed by atoms with E-state index in [0.717, 1.165) is 6.32 Å². The fourth-order valence-electron chi connectivity index (χ4n) is 3.08. The van der Waals surface area contributed by atoms with Crippen LogP contribution in [-0.4, -0.2) is 17.8 Å². The van der Waals surface area contributed by atoms with Crippen molar-refractivity contribution in [2.75, 3.05) is 0 Å². The Bertz CT molecular complexity index is 754. The molecule has 1 heterocycles. The molecule has 0 saturated carbocycles. The van der Waals surface area contributed by atoms with Crippen LogP contribution in [0.2, 0.25) is 6.32 Å². The van der Waals surface area contributed by atoms with Crippen LogP contribution in [0.15, 0.2) is 73.1 Å². The average Bonchev–Trinajstić information content (AvgIpc) is 3.19. The minimum absolute atomic E-state index is 0.527. The maximum Gasteiger partial charge on any atom is 0.106 e. The zero-order chi connectivity index (χ0) is 19.6. The Balaban J connectivity index is 0.000000208. The largest absolute Gasteiger partial charge is 0.348 e. The first-order valence-corrected chi connectivity index (χ1v) is 9.88. The number of aromatic amines is 1. The van der Waals surface area contributed by atoms with Gasteiger partial charge in [0.15, 0.2) is 0 Å². The summed E-state index contributed by atoms with van der Waals surface area (Å²) in [6.07, 6.45) is 5.12. The van der Waals surface area contributed by atoms with Gasteiger partial charge in [-0.25, -0.2) is 4.98 Å². The first kappa shape index (κ1) is 20.8.